The van der Waals surface area contributed by atoms with Gasteiger partial charge in [0.1, 0.15) is 5.82 Å². The largest absolute Gasteiger partial charge is 0.324 e. The molecule has 0 aliphatic heterocycles. The van der Waals surface area contributed by atoms with Gasteiger partial charge in [-0.3, -0.25) is 14.2 Å². The van der Waals surface area contributed by atoms with Gasteiger partial charge in [0.15, 0.2) is 16.5 Å². The van der Waals surface area contributed by atoms with Crippen molar-refractivity contribution in [2.24, 2.45) is 0 Å². The molecule has 0 aliphatic carbocycles. The van der Waals surface area contributed by atoms with Gasteiger partial charge < -0.3 is 4.98 Å². The fourth-order valence-corrected chi connectivity index (χ4v) is 3.69. The van der Waals surface area contributed by atoms with E-state index in [2.05, 4.69) is 15.2 Å². The third kappa shape index (κ3) is 3.61. The molecule has 0 spiro atoms. The summed E-state index contributed by atoms with van der Waals surface area (Å²) in [5.41, 5.74) is -1.79. The molecule has 4 rings (SSSR count). The van der Waals surface area contributed by atoms with Crippen LogP contribution in [0.3, 0.4) is 0 Å². The molecule has 0 amide bonds. The molecule has 0 radical (unpaired) electrons. The SMILES string of the molecule is O=c1[nH]cc(-n2c(SCc3ccc(C(F)F)cc3F)nn3nccc3c2=O)cc1F. The Kier molecular flexibility index (Phi) is 5.16. The molecule has 12 heteroatoms. The summed E-state index contributed by atoms with van der Waals surface area (Å²) < 4.78 is 55.5. The smallest absolute Gasteiger partial charge is 0.285 e. The summed E-state index contributed by atoms with van der Waals surface area (Å²) >= 11 is 0.915. The lowest BCUT2D eigenvalue weighted by Crippen LogP contribution is -2.25. The molecule has 4 aromatic rings. The van der Waals surface area contributed by atoms with E-state index in [0.29, 0.717) is 0 Å². The van der Waals surface area contributed by atoms with E-state index >= 15 is 0 Å². The zero-order valence-electron chi connectivity index (χ0n) is 14.9. The van der Waals surface area contributed by atoms with Gasteiger partial charge in [-0.1, -0.05) is 23.9 Å². The number of hydrogen-bond donors (Lipinski definition) is 1. The highest BCUT2D eigenvalue weighted by atomic mass is 32.2. The van der Waals surface area contributed by atoms with Gasteiger partial charge in [0.05, 0.1) is 11.9 Å². The average Bonchev–Trinajstić information content (AvgIpc) is 3.18. The van der Waals surface area contributed by atoms with Crippen LogP contribution in [0.2, 0.25) is 0 Å². The van der Waals surface area contributed by atoms with E-state index in [1.165, 1.54) is 18.3 Å². The van der Waals surface area contributed by atoms with Crippen LogP contribution in [0.4, 0.5) is 17.6 Å². The molecule has 0 unspecified atom stereocenters. The first kappa shape index (κ1) is 19.9. The third-order valence-corrected chi connectivity index (χ3v) is 5.18. The van der Waals surface area contributed by atoms with Gasteiger partial charge in [-0.05, 0) is 17.7 Å². The number of aromatic nitrogens is 5. The molecular formula is C18H11F4N5O2S. The zero-order chi connectivity index (χ0) is 21.4. The Balaban J connectivity index is 1.77. The molecule has 0 saturated heterocycles. The van der Waals surface area contributed by atoms with Crippen LogP contribution in [0.1, 0.15) is 17.6 Å². The quantitative estimate of drug-likeness (QED) is 0.383. The molecule has 30 heavy (non-hydrogen) atoms. The summed E-state index contributed by atoms with van der Waals surface area (Å²) in [4.78, 5) is 26.4. The summed E-state index contributed by atoms with van der Waals surface area (Å²) in [6.45, 7) is 0. The maximum absolute atomic E-state index is 14.2. The van der Waals surface area contributed by atoms with Crippen molar-refractivity contribution in [3.8, 4) is 5.69 Å². The number of benzene rings is 1. The first-order valence-electron chi connectivity index (χ1n) is 8.40. The van der Waals surface area contributed by atoms with Gasteiger partial charge >= 0.3 is 0 Å². The fourth-order valence-electron chi connectivity index (χ4n) is 2.71. The molecular weight excluding hydrogens is 426 g/mol. The molecule has 0 saturated carbocycles. The summed E-state index contributed by atoms with van der Waals surface area (Å²) in [6.07, 6.45) is -0.312. The van der Waals surface area contributed by atoms with Crippen molar-refractivity contribution >= 4 is 17.3 Å². The van der Waals surface area contributed by atoms with E-state index in [1.54, 1.807) is 0 Å². The Bertz CT molecular complexity index is 1360. The molecule has 1 N–H and O–H groups in total. The minimum absolute atomic E-state index is 0.00400. The van der Waals surface area contributed by atoms with Crippen LogP contribution in [-0.4, -0.2) is 24.4 Å². The molecule has 3 aromatic heterocycles. The van der Waals surface area contributed by atoms with Crippen molar-refractivity contribution in [1.82, 2.24) is 24.4 Å². The third-order valence-electron chi connectivity index (χ3n) is 4.20. The highest BCUT2D eigenvalue weighted by Gasteiger charge is 2.17. The second-order valence-corrected chi connectivity index (χ2v) is 7.05. The summed E-state index contributed by atoms with van der Waals surface area (Å²) in [5.74, 6) is -1.98. The summed E-state index contributed by atoms with van der Waals surface area (Å²) in [7, 11) is 0. The number of alkyl halides is 2. The Morgan fingerprint density at radius 1 is 1.10 bits per heavy atom. The maximum atomic E-state index is 14.2. The van der Waals surface area contributed by atoms with E-state index in [-0.39, 0.29) is 27.7 Å². The summed E-state index contributed by atoms with van der Waals surface area (Å²) in [6, 6.07) is 5.35. The topological polar surface area (TPSA) is 85.1 Å². The van der Waals surface area contributed by atoms with Gasteiger partial charge in [-0.2, -0.15) is 5.10 Å². The number of fused-ring (bicyclic) bond motifs is 1. The van der Waals surface area contributed by atoms with Crippen molar-refractivity contribution in [2.45, 2.75) is 17.3 Å². The number of halogens is 4. The Morgan fingerprint density at radius 2 is 1.90 bits per heavy atom. The summed E-state index contributed by atoms with van der Waals surface area (Å²) in [5, 5.41) is 8.12. The Labute approximate surface area is 169 Å². The number of H-pyrrole nitrogens is 1. The minimum Gasteiger partial charge on any atom is -0.324 e. The molecule has 154 valence electrons. The van der Waals surface area contributed by atoms with Gasteiger partial charge in [-0.15, -0.1) is 9.73 Å². The van der Waals surface area contributed by atoms with Gasteiger partial charge in [0.25, 0.3) is 17.5 Å². The number of thioether (sulfide) groups is 1. The molecule has 1 aromatic carbocycles. The average molecular weight is 437 g/mol. The highest BCUT2D eigenvalue weighted by molar-refractivity contribution is 7.98. The van der Waals surface area contributed by atoms with Crippen LogP contribution in [-0.2, 0) is 5.75 Å². The number of aromatic amines is 1. The van der Waals surface area contributed by atoms with Crippen molar-refractivity contribution < 1.29 is 17.6 Å². The predicted molar refractivity (Wildman–Crippen MR) is 100 cm³/mol. The van der Waals surface area contributed by atoms with Crippen LogP contribution in [0.15, 0.2) is 57.5 Å². The molecule has 3 heterocycles. The standard InChI is InChI=1S/C18H11F4N5O2S/c19-12-5-9(15(21)22)1-2-10(12)8-30-18-25-27-14(3-4-24-27)17(29)26(18)11-6-13(20)16(28)23-7-11/h1-7,15H,8H2,(H,23,28). The number of rotatable bonds is 5. The van der Waals surface area contributed by atoms with Crippen molar-refractivity contribution in [3.63, 3.8) is 0 Å². The number of nitrogens with zero attached hydrogens (tertiary/aromatic N) is 4. The normalized spacial score (nSPS) is 11.5. The molecule has 0 aliphatic rings. The van der Waals surface area contributed by atoms with E-state index in [9.17, 15) is 27.2 Å². The van der Waals surface area contributed by atoms with Crippen molar-refractivity contribution in [2.75, 3.05) is 0 Å². The van der Waals surface area contributed by atoms with E-state index in [0.717, 1.165) is 45.4 Å². The van der Waals surface area contributed by atoms with Crippen LogP contribution >= 0.6 is 11.8 Å². The minimum atomic E-state index is -2.80. The van der Waals surface area contributed by atoms with Crippen LogP contribution in [0, 0.1) is 11.6 Å². The first-order chi connectivity index (χ1) is 14.3. The van der Waals surface area contributed by atoms with Gasteiger partial charge in [-0.25, -0.2) is 17.6 Å². The van der Waals surface area contributed by atoms with Gasteiger partial charge in [0.2, 0.25) is 0 Å². The van der Waals surface area contributed by atoms with E-state index in [4.69, 9.17) is 0 Å². The monoisotopic (exact) mass is 437 g/mol. The fraction of sp³-hybridized carbons (Fsp3) is 0.111. The second-order valence-electron chi connectivity index (χ2n) is 6.10. The lowest BCUT2D eigenvalue weighted by atomic mass is 10.1. The van der Waals surface area contributed by atoms with E-state index in [1.807, 2.05) is 0 Å². The first-order valence-corrected chi connectivity index (χ1v) is 9.38. The van der Waals surface area contributed by atoms with Crippen molar-refractivity contribution in [3.05, 3.63) is 86.2 Å². The molecule has 0 atom stereocenters. The van der Waals surface area contributed by atoms with Crippen LogP contribution < -0.4 is 11.1 Å². The Morgan fingerprint density at radius 3 is 2.60 bits per heavy atom. The van der Waals surface area contributed by atoms with E-state index < -0.39 is 34.7 Å². The predicted octanol–water partition coefficient (Wildman–Crippen LogP) is 3.08. The van der Waals surface area contributed by atoms with Gasteiger partial charge in [0, 0.05) is 23.6 Å². The molecule has 0 fully saturated rings. The van der Waals surface area contributed by atoms with Crippen LogP contribution in [0.25, 0.3) is 11.2 Å². The zero-order valence-corrected chi connectivity index (χ0v) is 15.7. The second kappa shape index (κ2) is 7.78. The van der Waals surface area contributed by atoms with Crippen molar-refractivity contribution in [1.29, 1.82) is 0 Å². The number of nitrogens with one attached hydrogen (secondary N) is 1. The molecule has 7 nitrogen and oxygen atoms in total. The van der Waals surface area contributed by atoms with Crippen LogP contribution in [0.5, 0.6) is 0 Å². The maximum Gasteiger partial charge on any atom is 0.285 e. The lowest BCUT2D eigenvalue weighted by Gasteiger charge is -2.12. The number of hydrogen-bond acceptors (Lipinski definition) is 5. The Hall–Kier alpha value is -3.41. The number of pyridine rings is 1. The highest BCUT2D eigenvalue weighted by Crippen LogP contribution is 2.26. The lowest BCUT2D eigenvalue weighted by molar-refractivity contribution is 0.151. The molecule has 0 bridgehead atoms.